The van der Waals surface area contributed by atoms with Crippen LogP contribution in [0.1, 0.15) is 27.2 Å². The van der Waals surface area contributed by atoms with Gasteiger partial charge in [0.15, 0.2) is 0 Å². The lowest BCUT2D eigenvalue weighted by atomic mass is 10.1. The number of rotatable bonds is 4. The zero-order chi connectivity index (χ0) is 15.4. The number of carbonyl (C=O) groups is 1. The molecule has 1 heterocycles. The molecule has 1 aliphatic heterocycles. The average molecular weight is 297 g/mol. The first-order valence-electron chi connectivity index (χ1n) is 6.57. The Hall–Kier alpha value is -1.02. The highest BCUT2D eigenvalue weighted by Crippen LogP contribution is 2.16. The molecule has 118 valence electrons. The number of alkyl halides is 3. The Bertz CT molecular complexity index is 329. The van der Waals surface area contributed by atoms with Gasteiger partial charge in [-0.2, -0.15) is 13.2 Å². The van der Waals surface area contributed by atoms with Gasteiger partial charge in [0.05, 0.1) is 6.54 Å². The number of nitrogens with zero attached hydrogens (tertiary/aromatic N) is 1. The highest BCUT2D eigenvalue weighted by Gasteiger charge is 2.29. The monoisotopic (exact) mass is 297 g/mol. The molecule has 0 spiro atoms. The van der Waals surface area contributed by atoms with E-state index in [0.717, 1.165) is 6.42 Å². The summed E-state index contributed by atoms with van der Waals surface area (Å²) in [7, 11) is 0. The van der Waals surface area contributed by atoms with Crippen LogP contribution in [0, 0.1) is 5.92 Å². The number of hydrogen-bond donors (Lipinski definition) is 2. The summed E-state index contributed by atoms with van der Waals surface area (Å²) in [6.45, 7) is 5.72. The van der Waals surface area contributed by atoms with Gasteiger partial charge < -0.3 is 10.1 Å². The molecular weight excluding hydrogens is 275 g/mol. The van der Waals surface area contributed by atoms with E-state index in [9.17, 15) is 18.0 Å². The topological polar surface area (TPSA) is 53.6 Å². The smallest absolute Gasteiger partial charge is 0.422 e. The molecular formula is C12H22F3N3O2. The average Bonchev–Trinajstić information content (AvgIpc) is 2.60. The predicted molar refractivity (Wildman–Crippen MR) is 68.0 cm³/mol. The van der Waals surface area contributed by atoms with Crippen LogP contribution in [0.15, 0.2) is 0 Å². The first kappa shape index (κ1) is 17.0. The third-order valence-corrected chi connectivity index (χ3v) is 2.69. The SMILES string of the molecule is CC(C)(C)OC(=O)NN1CCC(CNCC(F)(F)F)C1. The van der Waals surface area contributed by atoms with Gasteiger partial charge in [-0.05, 0) is 39.7 Å². The molecule has 1 unspecified atom stereocenters. The number of hydrazine groups is 1. The lowest BCUT2D eigenvalue weighted by Crippen LogP contribution is -2.44. The highest BCUT2D eigenvalue weighted by atomic mass is 19.4. The minimum Gasteiger partial charge on any atom is -0.443 e. The van der Waals surface area contributed by atoms with Gasteiger partial charge in [-0.3, -0.25) is 5.43 Å². The van der Waals surface area contributed by atoms with Crippen LogP contribution in [-0.2, 0) is 4.74 Å². The van der Waals surface area contributed by atoms with Gasteiger partial charge in [-0.15, -0.1) is 0 Å². The molecule has 0 saturated carbocycles. The number of nitrogens with one attached hydrogen (secondary N) is 2. The number of amides is 1. The fourth-order valence-electron chi connectivity index (χ4n) is 1.95. The van der Waals surface area contributed by atoms with Crippen molar-refractivity contribution in [2.75, 3.05) is 26.2 Å². The Morgan fingerprint density at radius 2 is 2.00 bits per heavy atom. The number of halogens is 3. The van der Waals surface area contributed by atoms with E-state index in [2.05, 4.69) is 10.7 Å². The van der Waals surface area contributed by atoms with Crippen molar-refractivity contribution >= 4 is 6.09 Å². The van der Waals surface area contributed by atoms with E-state index in [-0.39, 0.29) is 12.5 Å². The molecule has 20 heavy (non-hydrogen) atoms. The molecule has 8 heteroatoms. The number of ether oxygens (including phenoxy) is 1. The largest absolute Gasteiger partial charge is 0.443 e. The maximum absolute atomic E-state index is 12.0. The Morgan fingerprint density at radius 1 is 1.35 bits per heavy atom. The van der Waals surface area contributed by atoms with Crippen molar-refractivity contribution in [3.63, 3.8) is 0 Å². The van der Waals surface area contributed by atoms with Gasteiger partial charge in [0, 0.05) is 13.1 Å². The Kier molecular flexibility index (Phi) is 5.64. The molecule has 1 rings (SSSR count). The van der Waals surface area contributed by atoms with Crippen LogP contribution >= 0.6 is 0 Å². The fourth-order valence-corrected chi connectivity index (χ4v) is 1.95. The Balaban J connectivity index is 2.21. The van der Waals surface area contributed by atoms with Crippen molar-refractivity contribution in [3.8, 4) is 0 Å². The molecule has 1 amide bonds. The first-order chi connectivity index (χ1) is 9.05. The summed E-state index contributed by atoms with van der Waals surface area (Å²) in [5.74, 6) is 0.0901. The molecule has 0 aromatic heterocycles. The van der Waals surface area contributed by atoms with Crippen LogP contribution in [0.25, 0.3) is 0 Å². The van der Waals surface area contributed by atoms with Gasteiger partial charge in [0.2, 0.25) is 0 Å². The Morgan fingerprint density at radius 3 is 2.55 bits per heavy atom. The normalized spacial score (nSPS) is 21.0. The van der Waals surface area contributed by atoms with Crippen molar-refractivity contribution in [1.29, 1.82) is 0 Å². The molecule has 0 aliphatic carbocycles. The van der Waals surface area contributed by atoms with Crippen molar-refractivity contribution in [2.45, 2.75) is 39.0 Å². The summed E-state index contributed by atoms with van der Waals surface area (Å²) in [5.41, 5.74) is 2.02. The molecule has 0 aromatic rings. The maximum atomic E-state index is 12.0. The third-order valence-electron chi connectivity index (χ3n) is 2.69. The molecule has 0 aromatic carbocycles. The van der Waals surface area contributed by atoms with E-state index < -0.39 is 24.4 Å². The third kappa shape index (κ3) is 7.54. The van der Waals surface area contributed by atoms with E-state index >= 15 is 0 Å². The minimum absolute atomic E-state index is 0.0901. The molecule has 1 atom stereocenters. The van der Waals surface area contributed by atoms with Crippen molar-refractivity contribution in [3.05, 3.63) is 0 Å². The van der Waals surface area contributed by atoms with Crippen LogP contribution in [-0.4, -0.2) is 49.1 Å². The summed E-state index contributed by atoms with van der Waals surface area (Å²) in [4.78, 5) is 11.5. The van der Waals surface area contributed by atoms with Gasteiger partial charge in [-0.1, -0.05) is 0 Å². The van der Waals surface area contributed by atoms with Crippen LogP contribution < -0.4 is 10.7 Å². The molecule has 1 saturated heterocycles. The predicted octanol–water partition coefficient (Wildman–Crippen LogP) is 1.90. The summed E-state index contributed by atoms with van der Waals surface area (Å²) in [6, 6.07) is 0. The van der Waals surface area contributed by atoms with E-state index in [1.807, 2.05) is 0 Å². The summed E-state index contributed by atoms with van der Waals surface area (Å²) < 4.78 is 41.1. The highest BCUT2D eigenvalue weighted by molar-refractivity contribution is 5.67. The summed E-state index contributed by atoms with van der Waals surface area (Å²) in [5, 5.41) is 4.06. The molecule has 1 fully saturated rings. The van der Waals surface area contributed by atoms with Crippen LogP contribution in [0.5, 0.6) is 0 Å². The molecule has 0 radical (unpaired) electrons. The summed E-state index contributed by atoms with van der Waals surface area (Å²) in [6.07, 6.45) is -3.99. The molecule has 1 aliphatic rings. The summed E-state index contributed by atoms with van der Waals surface area (Å²) >= 11 is 0. The fraction of sp³-hybridized carbons (Fsp3) is 0.917. The lowest BCUT2D eigenvalue weighted by molar-refractivity contribution is -0.125. The second-order valence-electron chi connectivity index (χ2n) is 5.96. The van der Waals surface area contributed by atoms with Crippen molar-refractivity contribution < 1.29 is 22.7 Å². The van der Waals surface area contributed by atoms with Crippen molar-refractivity contribution in [1.82, 2.24) is 15.8 Å². The van der Waals surface area contributed by atoms with Crippen LogP contribution in [0.2, 0.25) is 0 Å². The quantitative estimate of drug-likeness (QED) is 0.832. The first-order valence-corrected chi connectivity index (χ1v) is 6.57. The van der Waals surface area contributed by atoms with Crippen molar-refractivity contribution in [2.24, 2.45) is 5.92 Å². The van der Waals surface area contributed by atoms with Gasteiger partial charge in [0.25, 0.3) is 0 Å². The lowest BCUT2D eigenvalue weighted by Gasteiger charge is -2.23. The van der Waals surface area contributed by atoms with E-state index in [1.165, 1.54) is 0 Å². The Labute approximate surface area is 116 Å². The van der Waals surface area contributed by atoms with Gasteiger partial charge in [-0.25, -0.2) is 9.80 Å². The second kappa shape index (κ2) is 6.62. The molecule has 2 N–H and O–H groups in total. The zero-order valence-corrected chi connectivity index (χ0v) is 12.0. The maximum Gasteiger partial charge on any atom is 0.422 e. The number of hydrogen-bond acceptors (Lipinski definition) is 4. The van der Waals surface area contributed by atoms with Gasteiger partial charge >= 0.3 is 12.3 Å². The standard InChI is InChI=1S/C12H22F3N3O2/c1-11(2,3)20-10(19)17-18-5-4-9(7-18)6-16-8-12(13,14)15/h9,16H,4-8H2,1-3H3,(H,17,19). The number of carbonyl (C=O) groups excluding carboxylic acids is 1. The minimum atomic E-state index is -4.19. The molecule has 5 nitrogen and oxygen atoms in total. The molecule has 0 bridgehead atoms. The van der Waals surface area contributed by atoms with Crippen LogP contribution in [0.4, 0.5) is 18.0 Å². The van der Waals surface area contributed by atoms with E-state index in [1.54, 1.807) is 25.8 Å². The van der Waals surface area contributed by atoms with E-state index in [0.29, 0.717) is 13.1 Å². The second-order valence-corrected chi connectivity index (χ2v) is 5.96. The van der Waals surface area contributed by atoms with E-state index in [4.69, 9.17) is 4.74 Å². The van der Waals surface area contributed by atoms with Gasteiger partial charge in [0.1, 0.15) is 5.60 Å². The van der Waals surface area contributed by atoms with Crippen LogP contribution in [0.3, 0.4) is 0 Å². The zero-order valence-electron chi connectivity index (χ0n) is 12.0.